The molecule has 3 aromatic heterocycles. The summed E-state index contributed by atoms with van der Waals surface area (Å²) in [4.78, 5) is 7.88. The van der Waals surface area contributed by atoms with Crippen LogP contribution in [-0.2, 0) is 12.7 Å². The van der Waals surface area contributed by atoms with Gasteiger partial charge in [0.05, 0.1) is 11.3 Å². The quantitative estimate of drug-likeness (QED) is 0.728. The van der Waals surface area contributed by atoms with E-state index in [9.17, 15) is 13.2 Å². The zero-order valence-corrected chi connectivity index (χ0v) is 14.3. The van der Waals surface area contributed by atoms with Gasteiger partial charge >= 0.3 is 6.18 Å². The van der Waals surface area contributed by atoms with E-state index in [1.165, 1.54) is 12.1 Å². The topological polar surface area (TPSA) is 68.5 Å². The molecule has 10 heteroatoms. The average molecular weight is 368 g/mol. The van der Waals surface area contributed by atoms with Gasteiger partial charge in [-0.3, -0.25) is 4.68 Å². The summed E-state index contributed by atoms with van der Waals surface area (Å²) >= 11 is 1.05. The molecule has 0 unspecified atom stereocenters. The summed E-state index contributed by atoms with van der Waals surface area (Å²) in [6.07, 6.45) is -1.67. The zero-order chi connectivity index (χ0) is 18.0. The van der Waals surface area contributed by atoms with Gasteiger partial charge in [-0.15, -0.1) is 0 Å². The van der Waals surface area contributed by atoms with Crippen LogP contribution in [0.2, 0.25) is 0 Å². The molecule has 1 N–H and O–H groups in total. The Hall–Kier alpha value is -2.49. The molecule has 0 aliphatic carbocycles. The number of alkyl halides is 3. The van der Waals surface area contributed by atoms with Crippen LogP contribution in [0.25, 0.3) is 11.4 Å². The fourth-order valence-corrected chi connectivity index (χ4v) is 2.83. The lowest BCUT2D eigenvalue weighted by Crippen LogP contribution is -2.08. The monoisotopic (exact) mass is 368 g/mol. The second-order valence-corrected chi connectivity index (χ2v) is 6.10. The van der Waals surface area contributed by atoms with Crippen LogP contribution < -0.4 is 5.32 Å². The highest BCUT2D eigenvalue weighted by atomic mass is 32.1. The summed E-state index contributed by atoms with van der Waals surface area (Å²) in [7, 11) is 0. The van der Waals surface area contributed by atoms with Crippen LogP contribution in [0, 0.1) is 6.92 Å². The third kappa shape index (κ3) is 3.95. The number of aromatic nitrogens is 5. The lowest BCUT2D eigenvalue weighted by Gasteiger charge is -2.07. The number of rotatable bonds is 5. The molecule has 0 saturated carbocycles. The van der Waals surface area contributed by atoms with Gasteiger partial charge in [-0.2, -0.15) is 27.6 Å². The van der Waals surface area contributed by atoms with Crippen LogP contribution in [0.3, 0.4) is 0 Å². The summed E-state index contributed by atoms with van der Waals surface area (Å²) in [6, 6.07) is 3.65. The number of aryl methyl sites for hydroxylation is 2. The van der Waals surface area contributed by atoms with Gasteiger partial charge in [0.15, 0.2) is 5.82 Å². The van der Waals surface area contributed by atoms with E-state index in [4.69, 9.17) is 0 Å². The van der Waals surface area contributed by atoms with Crippen molar-refractivity contribution in [3.05, 3.63) is 35.8 Å². The third-order valence-electron chi connectivity index (χ3n) is 3.34. The molecule has 0 spiro atoms. The summed E-state index contributed by atoms with van der Waals surface area (Å²) in [5.41, 5.74) is 0.642. The molecule has 0 atom stereocenters. The number of pyridine rings is 1. The highest BCUT2D eigenvalue weighted by molar-refractivity contribution is 7.09. The lowest BCUT2D eigenvalue weighted by molar-refractivity contribution is -0.141. The van der Waals surface area contributed by atoms with E-state index in [0.29, 0.717) is 11.0 Å². The number of nitrogens with zero attached hydrogens (tertiary/aromatic N) is 5. The molecule has 132 valence electrons. The molecular weight excluding hydrogens is 353 g/mol. The van der Waals surface area contributed by atoms with Crippen molar-refractivity contribution in [1.82, 2.24) is 24.1 Å². The molecule has 0 fully saturated rings. The molecule has 3 heterocycles. The van der Waals surface area contributed by atoms with Gasteiger partial charge in [0.25, 0.3) is 0 Å². The molecule has 0 saturated heterocycles. The van der Waals surface area contributed by atoms with Crippen LogP contribution >= 0.6 is 11.5 Å². The summed E-state index contributed by atoms with van der Waals surface area (Å²) in [5, 5.41) is 7.52. The minimum absolute atomic E-state index is 0.0657. The SMILES string of the molecule is CCCn1cc(-c2nsc(Nc3cccc(C(F)(F)F)n3)n2)c(C)n1. The van der Waals surface area contributed by atoms with E-state index in [0.717, 1.165) is 41.8 Å². The first-order valence-corrected chi connectivity index (χ1v) is 8.33. The Bertz CT molecular complexity index is 870. The first-order chi connectivity index (χ1) is 11.9. The van der Waals surface area contributed by atoms with E-state index in [1.54, 1.807) is 0 Å². The fourth-order valence-electron chi connectivity index (χ4n) is 2.24. The molecule has 25 heavy (non-hydrogen) atoms. The van der Waals surface area contributed by atoms with Crippen LogP contribution in [-0.4, -0.2) is 24.1 Å². The van der Waals surface area contributed by atoms with Crippen LogP contribution in [0.4, 0.5) is 24.1 Å². The highest BCUT2D eigenvalue weighted by Crippen LogP contribution is 2.29. The maximum atomic E-state index is 12.7. The van der Waals surface area contributed by atoms with Crippen molar-refractivity contribution in [2.24, 2.45) is 0 Å². The smallest absolute Gasteiger partial charge is 0.315 e. The maximum absolute atomic E-state index is 12.7. The first-order valence-electron chi connectivity index (χ1n) is 7.56. The molecule has 0 aliphatic rings. The maximum Gasteiger partial charge on any atom is 0.433 e. The van der Waals surface area contributed by atoms with Crippen molar-refractivity contribution >= 4 is 22.5 Å². The number of nitrogens with one attached hydrogen (secondary N) is 1. The summed E-state index contributed by atoms with van der Waals surface area (Å²) < 4.78 is 44.2. The van der Waals surface area contributed by atoms with Crippen molar-refractivity contribution in [1.29, 1.82) is 0 Å². The number of halogens is 3. The normalized spacial score (nSPS) is 11.7. The Labute approximate surface area is 145 Å². The van der Waals surface area contributed by atoms with Gasteiger partial charge < -0.3 is 5.32 Å². The van der Waals surface area contributed by atoms with Crippen LogP contribution in [0.15, 0.2) is 24.4 Å². The largest absolute Gasteiger partial charge is 0.433 e. The molecule has 3 rings (SSSR count). The minimum atomic E-state index is -4.49. The highest BCUT2D eigenvalue weighted by Gasteiger charge is 2.32. The molecule has 0 amide bonds. The van der Waals surface area contributed by atoms with Gasteiger partial charge in [0.1, 0.15) is 11.5 Å². The Morgan fingerprint density at radius 3 is 2.76 bits per heavy atom. The van der Waals surface area contributed by atoms with E-state index in [2.05, 4.69) is 31.7 Å². The van der Waals surface area contributed by atoms with Crippen LogP contribution in [0.1, 0.15) is 24.7 Å². The van der Waals surface area contributed by atoms with Crippen molar-refractivity contribution < 1.29 is 13.2 Å². The third-order valence-corrected chi connectivity index (χ3v) is 3.97. The van der Waals surface area contributed by atoms with Gasteiger partial charge in [-0.1, -0.05) is 13.0 Å². The van der Waals surface area contributed by atoms with E-state index in [-0.39, 0.29) is 5.82 Å². The van der Waals surface area contributed by atoms with Crippen molar-refractivity contribution in [2.45, 2.75) is 33.0 Å². The molecule has 0 radical (unpaired) electrons. The molecule has 6 nitrogen and oxygen atoms in total. The standard InChI is InChI=1S/C15H15F3N6S/c1-3-7-24-8-10(9(2)22-24)13-21-14(25-23-13)20-12-6-4-5-11(19-12)15(16,17)18/h4-6,8H,3,7H2,1-2H3,(H,19,20,21,23). The van der Waals surface area contributed by atoms with Gasteiger partial charge in [0.2, 0.25) is 5.13 Å². The second kappa shape index (κ2) is 6.79. The summed E-state index contributed by atoms with van der Waals surface area (Å²) in [5.74, 6) is 0.551. The first kappa shape index (κ1) is 17.3. The number of hydrogen-bond acceptors (Lipinski definition) is 6. The average Bonchev–Trinajstić information content (AvgIpc) is 3.14. The van der Waals surface area contributed by atoms with Crippen molar-refractivity contribution in [2.75, 3.05) is 5.32 Å². The van der Waals surface area contributed by atoms with E-state index >= 15 is 0 Å². The van der Waals surface area contributed by atoms with Crippen molar-refractivity contribution in [3.8, 4) is 11.4 Å². The molecule has 0 aliphatic heterocycles. The molecule has 0 bridgehead atoms. The Balaban J connectivity index is 1.81. The zero-order valence-electron chi connectivity index (χ0n) is 13.5. The fraction of sp³-hybridized carbons (Fsp3) is 0.333. The van der Waals surface area contributed by atoms with Gasteiger partial charge in [-0.05, 0) is 25.5 Å². The predicted molar refractivity (Wildman–Crippen MR) is 88.7 cm³/mol. The Kier molecular flexibility index (Phi) is 4.71. The Morgan fingerprint density at radius 1 is 1.24 bits per heavy atom. The van der Waals surface area contributed by atoms with Crippen molar-refractivity contribution in [3.63, 3.8) is 0 Å². The number of anilines is 2. The number of hydrogen-bond donors (Lipinski definition) is 1. The predicted octanol–water partition coefficient (Wildman–Crippen LogP) is 4.28. The molecule has 3 aromatic rings. The van der Waals surface area contributed by atoms with E-state index in [1.807, 2.05) is 17.8 Å². The Morgan fingerprint density at radius 2 is 2.04 bits per heavy atom. The van der Waals surface area contributed by atoms with E-state index < -0.39 is 11.9 Å². The summed E-state index contributed by atoms with van der Waals surface area (Å²) in [6.45, 7) is 4.72. The van der Waals surface area contributed by atoms with Gasteiger partial charge in [-0.25, -0.2) is 4.98 Å². The van der Waals surface area contributed by atoms with Crippen LogP contribution in [0.5, 0.6) is 0 Å². The molecule has 0 aromatic carbocycles. The van der Waals surface area contributed by atoms with Gasteiger partial charge in [0, 0.05) is 24.3 Å². The second-order valence-electron chi connectivity index (χ2n) is 5.35. The minimum Gasteiger partial charge on any atom is -0.315 e. The lowest BCUT2D eigenvalue weighted by atomic mass is 10.2. The molecular formula is C15H15F3N6S.